The van der Waals surface area contributed by atoms with Crippen LogP contribution in [-0.4, -0.2) is 60.4 Å². The summed E-state index contributed by atoms with van der Waals surface area (Å²) in [5.74, 6) is -0.0701. The average molecular weight is 423 g/mol. The Balaban J connectivity index is 2.47. The van der Waals surface area contributed by atoms with Crippen molar-refractivity contribution in [2.75, 3.05) is 40.0 Å². The number of amides is 1. The first-order valence-corrected chi connectivity index (χ1v) is 10.4. The summed E-state index contributed by atoms with van der Waals surface area (Å²) in [6.07, 6.45) is 0.862. The standard InChI is InChI=1S/C17H27ClN2O6S/c1-13(2)25-9-4-7-19-17(21)12-26-16-6-5-14(11-15(16)18)27(22,23)20-8-10-24-3/h5-6,11,13,20H,4,7-10,12H2,1-3H3,(H,19,21). The number of carbonyl (C=O) groups is 1. The third-order valence-electron chi connectivity index (χ3n) is 3.27. The Bertz CT molecular complexity index is 697. The molecule has 8 nitrogen and oxygen atoms in total. The SMILES string of the molecule is COCCNS(=O)(=O)c1ccc(OCC(=O)NCCCOC(C)C)c(Cl)c1. The molecule has 2 N–H and O–H groups in total. The van der Waals surface area contributed by atoms with E-state index >= 15 is 0 Å². The van der Waals surface area contributed by atoms with Crippen molar-refractivity contribution in [2.45, 2.75) is 31.3 Å². The largest absolute Gasteiger partial charge is 0.482 e. The van der Waals surface area contributed by atoms with Crippen molar-refractivity contribution in [1.82, 2.24) is 10.0 Å². The summed E-state index contributed by atoms with van der Waals surface area (Å²) in [6.45, 7) is 5.13. The third-order valence-corrected chi connectivity index (χ3v) is 5.02. The number of methoxy groups -OCH3 is 1. The van der Waals surface area contributed by atoms with Gasteiger partial charge in [-0.1, -0.05) is 11.6 Å². The van der Waals surface area contributed by atoms with Gasteiger partial charge in [0.25, 0.3) is 5.91 Å². The fourth-order valence-electron chi connectivity index (χ4n) is 1.94. The molecule has 0 heterocycles. The number of sulfonamides is 1. The lowest BCUT2D eigenvalue weighted by Crippen LogP contribution is -2.30. The molecule has 0 aliphatic carbocycles. The van der Waals surface area contributed by atoms with E-state index in [0.717, 1.165) is 0 Å². The van der Waals surface area contributed by atoms with E-state index in [1.165, 1.54) is 25.3 Å². The van der Waals surface area contributed by atoms with E-state index in [1.54, 1.807) is 0 Å². The maximum absolute atomic E-state index is 12.1. The highest BCUT2D eigenvalue weighted by molar-refractivity contribution is 7.89. The highest BCUT2D eigenvalue weighted by Crippen LogP contribution is 2.27. The van der Waals surface area contributed by atoms with E-state index in [9.17, 15) is 13.2 Å². The summed E-state index contributed by atoms with van der Waals surface area (Å²) in [4.78, 5) is 11.8. The number of rotatable bonds is 13. The molecule has 0 unspecified atom stereocenters. The molecular formula is C17H27ClN2O6S. The predicted octanol–water partition coefficient (Wildman–Crippen LogP) is 1.57. The van der Waals surface area contributed by atoms with Gasteiger partial charge in [0.05, 0.1) is 22.6 Å². The minimum absolute atomic E-state index is 0.00515. The summed E-state index contributed by atoms with van der Waals surface area (Å²) in [5, 5.41) is 2.81. The van der Waals surface area contributed by atoms with E-state index < -0.39 is 10.0 Å². The molecule has 0 aliphatic heterocycles. The van der Waals surface area contributed by atoms with Gasteiger partial charge in [-0.2, -0.15) is 0 Å². The number of hydrogen-bond acceptors (Lipinski definition) is 6. The minimum atomic E-state index is -3.69. The van der Waals surface area contributed by atoms with Gasteiger partial charge in [0, 0.05) is 26.8 Å². The molecule has 1 aromatic rings. The molecule has 10 heteroatoms. The van der Waals surface area contributed by atoms with Crippen molar-refractivity contribution >= 4 is 27.5 Å². The van der Waals surface area contributed by atoms with Gasteiger partial charge in [0.15, 0.2) is 6.61 Å². The van der Waals surface area contributed by atoms with Gasteiger partial charge in [-0.3, -0.25) is 4.79 Å². The maximum atomic E-state index is 12.1. The molecule has 154 valence electrons. The molecule has 1 rings (SSSR count). The van der Waals surface area contributed by atoms with Crippen LogP contribution in [0.25, 0.3) is 0 Å². The van der Waals surface area contributed by atoms with Gasteiger partial charge in [-0.05, 0) is 38.5 Å². The van der Waals surface area contributed by atoms with E-state index in [2.05, 4.69) is 10.0 Å². The number of benzene rings is 1. The molecule has 0 atom stereocenters. The Morgan fingerprint density at radius 3 is 2.59 bits per heavy atom. The molecule has 0 bridgehead atoms. The van der Waals surface area contributed by atoms with Gasteiger partial charge in [-0.25, -0.2) is 13.1 Å². The van der Waals surface area contributed by atoms with Crippen molar-refractivity contribution < 1.29 is 27.4 Å². The molecule has 0 aromatic heterocycles. The van der Waals surface area contributed by atoms with Crippen molar-refractivity contribution in [1.29, 1.82) is 0 Å². The summed E-state index contributed by atoms with van der Waals surface area (Å²) in [6, 6.07) is 4.04. The smallest absolute Gasteiger partial charge is 0.257 e. The second kappa shape index (κ2) is 12.1. The van der Waals surface area contributed by atoms with E-state index in [4.69, 9.17) is 25.8 Å². The molecule has 0 saturated heterocycles. The Kier molecular flexibility index (Phi) is 10.6. The quantitative estimate of drug-likeness (QED) is 0.468. The second-order valence-electron chi connectivity index (χ2n) is 5.89. The van der Waals surface area contributed by atoms with Crippen molar-refractivity contribution in [2.24, 2.45) is 0 Å². The van der Waals surface area contributed by atoms with Crippen LogP contribution in [-0.2, 0) is 24.3 Å². The Labute approximate surface area is 165 Å². The first-order chi connectivity index (χ1) is 12.8. The monoisotopic (exact) mass is 422 g/mol. The Morgan fingerprint density at radius 2 is 1.96 bits per heavy atom. The lowest BCUT2D eigenvalue weighted by Gasteiger charge is -2.11. The summed E-state index contributed by atoms with van der Waals surface area (Å²) >= 11 is 6.07. The number of nitrogens with one attached hydrogen (secondary N) is 2. The van der Waals surface area contributed by atoms with Gasteiger partial charge in [-0.15, -0.1) is 0 Å². The molecule has 0 aliphatic rings. The lowest BCUT2D eigenvalue weighted by atomic mass is 10.3. The van der Waals surface area contributed by atoms with Crippen LogP contribution in [0.5, 0.6) is 5.75 Å². The van der Waals surface area contributed by atoms with Gasteiger partial charge >= 0.3 is 0 Å². The van der Waals surface area contributed by atoms with Gasteiger partial charge in [0.1, 0.15) is 5.75 Å². The van der Waals surface area contributed by atoms with Crippen LogP contribution in [0.15, 0.2) is 23.1 Å². The van der Waals surface area contributed by atoms with E-state index in [1.807, 2.05) is 13.8 Å². The fraction of sp³-hybridized carbons (Fsp3) is 0.588. The zero-order valence-corrected chi connectivity index (χ0v) is 17.4. The number of hydrogen-bond donors (Lipinski definition) is 2. The lowest BCUT2D eigenvalue weighted by molar-refractivity contribution is -0.123. The van der Waals surface area contributed by atoms with Crippen LogP contribution >= 0.6 is 11.6 Å². The molecule has 0 saturated carbocycles. The number of ether oxygens (including phenoxy) is 3. The highest BCUT2D eigenvalue weighted by atomic mass is 35.5. The third kappa shape index (κ3) is 9.39. The van der Waals surface area contributed by atoms with Crippen LogP contribution in [0.1, 0.15) is 20.3 Å². The zero-order chi connectivity index (χ0) is 20.3. The predicted molar refractivity (Wildman–Crippen MR) is 103 cm³/mol. The first kappa shape index (κ1) is 23.6. The van der Waals surface area contributed by atoms with Crippen LogP contribution in [0.4, 0.5) is 0 Å². The van der Waals surface area contributed by atoms with Crippen LogP contribution in [0.2, 0.25) is 5.02 Å². The van der Waals surface area contributed by atoms with E-state index in [0.29, 0.717) is 19.6 Å². The highest BCUT2D eigenvalue weighted by Gasteiger charge is 2.16. The van der Waals surface area contributed by atoms with Crippen molar-refractivity contribution in [3.63, 3.8) is 0 Å². The number of carbonyl (C=O) groups excluding carboxylic acids is 1. The second-order valence-corrected chi connectivity index (χ2v) is 8.07. The first-order valence-electron chi connectivity index (χ1n) is 8.55. The van der Waals surface area contributed by atoms with Crippen molar-refractivity contribution in [3.8, 4) is 5.75 Å². The zero-order valence-electron chi connectivity index (χ0n) is 15.8. The average Bonchev–Trinajstić information content (AvgIpc) is 2.60. The molecule has 27 heavy (non-hydrogen) atoms. The van der Waals surface area contributed by atoms with Crippen LogP contribution < -0.4 is 14.8 Å². The number of halogens is 1. The Morgan fingerprint density at radius 1 is 1.22 bits per heavy atom. The molecule has 0 spiro atoms. The van der Waals surface area contributed by atoms with Gasteiger partial charge < -0.3 is 19.5 Å². The minimum Gasteiger partial charge on any atom is -0.482 e. The van der Waals surface area contributed by atoms with Gasteiger partial charge in [0.2, 0.25) is 10.0 Å². The normalized spacial score (nSPS) is 11.6. The molecule has 0 fully saturated rings. The molecule has 1 amide bonds. The van der Waals surface area contributed by atoms with E-state index in [-0.39, 0.29) is 47.4 Å². The van der Waals surface area contributed by atoms with Crippen molar-refractivity contribution in [3.05, 3.63) is 23.2 Å². The summed E-state index contributed by atoms with van der Waals surface area (Å²) < 4.78 is 42.1. The van der Waals surface area contributed by atoms with Crippen LogP contribution in [0.3, 0.4) is 0 Å². The molecule has 0 radical (unpaired) electrons. The maximum Gasteiger partial charge on any atom is 0.257 e. The molecule has 1 aromatic carbocycles. The topological polar surface area (TPSA) is 103 Å². The summed E-state index contributed by atoms with van der Waals surface area (Å²) in [5.41, 5.74) is 0. The van der Waals surface area contributed by atoms with Crippen LogP contribution in [0, 0.1) is 0 Å². The Hall–Kier alpha value is -1.39. The summed E-state index contributed by atoms with van der Waals surface area (Å²) in [7, 11) is -2.21. The fourth-order valence-corrected chi connectivity index (χ4v) is 3.28. The molecular weight excluding hydrogens is 396 g/mol.